The fourth-order valence-electron chi connectivity index (χ4n) is 3.19. The van der Waals surface area contributed by atoms with Gasteiger partial charge in [-0.25, -0.2) is 4.99 Å². The van der Waals surface area contributed by atoms with Crippen LogP contribution in [0.3, 0.4) is 0 Å². The first kappa shape index (κ1) is 21.6. The molecule has 1 N–H and O–H groups in total. The highest BCUT2D eigenvalue weighted by molar-refractivity contribution is 8.15. The van der Waals surface area contributed by atoms with Crippen molar-refractivity contribution in [2.45, 2.75) is 18.2 Å². The van der Waals surface area contributed by atoms with Crippen LogP contribution in [0.5, 0.6) is 5.75 Å². The molecule has 32 heavy (non-hydrogen) atoms. The first-order chi connectivity index (χ1) is 15.6. The zero-order chi connectivity index (χ0) is 22.3. The second-order valence-corrected chi connectivity index (χ2v) is 8.23. The van der Waals surface area contributed by atoms with Crippen molar-refractivity contribution in [3.8, 4) is 5.75 Å². The minimum absolute atomic E-state index is 0.0543. The summed E-state index contributed by atoms with van der Waals surface area (Å²) < 4.78 is 5.20. The van der Waals surface area contributed by atoms with Gasteiger partial charge in [0.15, 0.2) is 5.17 Å². The van der Waals surface area contributed by atoms with Gasteiger partial charge in [-0.15, -0.1) is 0 Å². The molecule has 1 aliphatic rings. The third kappa shape index (κ3) is 5.33. The molecule has 0 radical (unpaired) electrons. The summed E-state index contributed by atoms with van der Waals surface area (Å²) in [4.78, 5) is 36.3. The fraction of sp³-hybridized carbons (Fsp3) is 0.167. The summed E-state index contributed by atoms with van der Waals surface area (Å²) in [6.07, 6.45) is 1.74. The van der Waals surface area contributed by atoms with Crippen LogP contribution in [0.2, 0.25) is 0 Å². The molecule has 0 saturated carbocycles. The zero-order valence-corrected chi connectivity index (χ0v) is 18.3. The highest BCUT2D eigenvalue weighted by Crippen LogP contribution is 2.33. The molecule has 0 bridgehead atoms. The van der Waals surface area contributed by atoms with E-state index in [0.29, 0.717) is 23.1 Å². The van der Waals surface area contributed by atoms with Gasteiger partial charge in [-0.2, -0.15) is 0 Å². The molecule has 2 aromatic carbocycles. The lowest BCUT2D eigenvalue weighted by molar-refractivity contribution is -0.128. The molecular weight excluding hydrogens is 424 g/mol. The number of para-hydroxylation sites is 1. The van der Waals surface area contributed by atoms with Crippen molar-refractivity contribution in [1.29, 1.82) is 0 Å². The summed E-state index contributed by atoms with van der Waals surface area (Å²) in [5.74, 6) is 0.353. The van der Waals surface area contributed by atoms with E-state index in [9.17, 15) is 9.59 Å². The van der Waals surface area contributed by atoms with Crippen LogP contribution in [-0.2, 0) is 16.1 Å². The number of amides is 2. The van der Waals surface area contributed by atoms with E-state index in [4.69, 9.17) is 4.74 Å². The van der Waals surface area contributed by atoms with Gasteiger partial charge >= 0.3 is 0 Å². The topological polar surface area (TPSA) is 83.9 Å². The molecule has 1 saturated heterocycles. The highest BCUT2D eigenvalue weighted by Gasteiger charge is 2.39. The zero-order valence-electron chi connectivity index (χ0n) is 17.5. The van der Waals surface area contributed by atoms with Gasteiger partial charge in [0.25, 0.3) is 0 Å². The first-order valence-corrected chi connectivity index (χ1v) is 11.0. The lowest BCUT2D eigenvalue weighted by atomic mass is 10.2. The number of ether oxygens (including phenoxy) is 1. The quantitative estimate of drug-likeness (QED) is 0.587. The summed E-state index contributed by atoms with van der Waals surface area (Å²) in [6.45, 7) is 0.290. The largest absolute Gasteiger partial charge is 0.497 e. The molecule has 162 valence electrons. The smallest absolute Gasteiger partial charge is 0.243 e. The van der Waals surface area contributed by atoms with E-state index in [-0.39, 0.29) is 18.2 Å². The minimum Gasteiger partial charge on any atom is -0.497 e. The van der Waals surface area contributed by atoms with E-state index in [2.05, 4.69) is 15.3 Å². The van der Waals surface area contributed by atoms with Crippen LogP contribution >= 0.6 is 11.8 Å². The van der Waals surface area contributed by atoms with Gasteiger partial charge in [0, 0.05) is 18.3 Å². The second kappa shape index (κ2) is 10.1. The Kier molecular flexibility index (Phi) is 6.81. The van der Waals surface area contributed by atoms with Crippen molar-refractivity contribution in [1.82, 2.24) is 9.88 Å². The maximum absolute atomic E-state index is 13.2. The summed E-state index contributed by atoms with van der Waals surface area (Å²) >= 11 is 1.30. The Balaban J connectivity index is 1.54. The summed E-state index contributed by atoms with van der Waals surface area (Å²) in [5.41, 5.74) is 2.14. The first-order valence-electron chi connectivity index (χ1n) is 10.1. The van der Waals surface area contributed by atoms with Gasteiger partial charge in [0.1, 0.15) is 11.0 Å². The lowest BCUT2D eigenvalue weighted by Crippen LogP contribution is -2.33. The number of aromatic nitrogens is 1. The molecule has 0 spiro atoms. The van der Waals surface area contributed by atoms with Crippen molar-refractivity contribution < 1.29 is 14.3 Å². The van der Waals surface area contributed by atoms with Crippen LogP contribution in [-0.4, -0.2) is 39.2 Å². The molecule has 7 nitrogen and oxygen atoms in total. The molecule has 1 aromatic heterocycles. The number of nitrogens with one attached hydrogen (secondary N) is 1. The molecule has 1 atom stereocenters. The normalized spacial score (nSPS) is 16.9. The number of anilines is 1. The minimum atomic E-state index is -0.556. The lowest BCUT2D eigenvalue weighted by Gasteiger charge is -2.16. The van der Waals surface area contributed by atoms with Gasteiger partial charge in [0.05, 0.1) is 25.0 Å². The molecule has 2 heterocycles. The molecule has 3 aromatic rings. The van der Waals surface area contributed by atoms with Crippen LogP contribution in [0.4, 0.5) is 11.4 Å². The standard InChI is InChI=1S/C24H22N4O3S/c1-31-20-12-10-18(11-13-20)27-24-28(16-19-9-5-6-14-25-19)23(30)21(32-24)15-22(29)26-17-7-3-2-4-8-17/h2-14,21H,15-16H2,1H3,(H,26,29)/t21-/m1/s1. The van der Waals surface area contributed by atoms with Gasteiger partial charge in [-0.05, 0) is 48.5 Å². The van der Waals surface area contributed by atoms with Crippen LogP contribution in [0.25, 0.3) is 0 Å². The predicted octanol–water partition coefficient (Wildman–Crippen LogP) is 4.25. The monoisotopic (exact) mass is 446 g/mol. The Morgan fingerprint density at radius 2 is 1.84 bits per heavy atom. The summed E-state index contributed by atoms with van der Waals surface area (Å²) in [5, 5.41) is 2.83. The van der Waals surface area contributed by atoms with Gasteiger partial charge in [0.2, 0.25) is 11.8 Å². The van der Waals surface area contributed by atoms with Crippen molar-refractivity contribution in [3.05, 3.63) is 84.7 Å². The fourth-order valence-corrected chi connectivity index (χ4v) is 4.35. The Morgan fingerprint density at radius 3 is 2.53 bits per heavy atom. The van der Waals surface area contributed by atoms with E-state index in [1.807, 2.05) is 72.8 Å². The molecule has 1 fully saturated rings. The Bertz CT molecular complexity index is 1110. The molecule has 0 aliphatic carbocycles. The number of aliphatic imine (C=N–C) groups is 1. The number of hydrogen-bond acceptors (Lipinski definition) is 6. The predicted molar refractivity (Wildman–Crippen MR) is 126 cm³/mol. The number of carbonyl (C=O) groups is 2. The number of rotatable bonds is 7. The molecular formula is C24H22N4O3S. The van der Waals surface area contributed by atoms with Gasteiger partial charge < -0.3 is 10.1 Å². The molecule has 8 heteroatoms. The number of carbonyl (C=O) groups excluding carboxylic acids is 2. The van der Waals surface area contributed by atoms with Crippen molar-refractivity contribution in [3.63, 3.8) is 0 Å². The number of amidine groups is 1. The number of hydrogen-bond donors (Lipinski definition) is 1. The molecule has 1 aliphatic heterocycles. The van der Waals surface area contributed by atoms with E-state index in [1.54, 1.807) is 18.2 Å². The SMILES string of the molecule is COc1ccc(N=C2S[C@H](CC(=O)Nc3ccccc3)C(=O)N2Cc2ccccn2)cc1. The average molecular weight is 447 g/mol. The maximum atomic E-state index is 13.2. The number of benzene rings is 2. The Labute approximate surface area is 190 Å². The van der Waals surface area contributed by atoms with Crippen molar-refractivity contribution in [2.24, 2.45) is 4.99 Å². The third-order valence-corrected chi connectivity index (χ3v) is 5.97. The molecule has 0 unspecified atom stereocenters. The van der Waals surface area contributed by atoms with Gasteiger partial charge in [-0.1, -0.05) is 36.0 Å². The van der Waals surface area contributed by atoms with E-state index in [1.165, 1.54) is 11.8 Å². The molecule has 4 rings (SSSR count). The van der Waals surface area contributed by atoms with Crippen LogP contribution in [0.1, 0.15) is 12.1 Å². The van der Waals surface area contributed by atoms with E-state index >= 15 is 0 Å². The van der Waals surface area contributed by atoms with Gasteiger partial charge in [-0.3, -0.25) is 19.5 Å². The second-order valence-electron chi connectivity index (χ2n) is 7.06. The van der Waals surface area contributed by atoms with Crippen molar-refractivity contribution >= 4 is 40.1 Å². The van der Waals surface area contributed by atoms with Crippen molar-refractivity contribution in [2.75, 3.05) is 12.4 Å². The van der Waals surface area contributed by atoms with E-state index in [0.717, 1.165) is 11.4 Å². The third-order valence-electron chi connectivity index (χ3n) is 4.79. The Hall–Kier alpha value is -3.65. The molecule has 2 amide bonds. The van der Waals surface area contributed by atoms with Crippen LogP contribution < -0.4 is 10.1 Å². The summed E-state index contributed by atoms with van der Waals surface area (Å²) in [6, 6.07) is 22.0. The number of thioether (sulfide) groups is 1. The number of pyridine rings is 1. The van der Waals surface area contributed by atoms with Crippen LogP contribution in [0.15, 0.2) is 84.0 Å². The highest BCUT2D eigenvalue weighted by atomic mass is 32.2. The average Bonchev–Trinajstić information content (AvgIpc) is 3.09. The maximum Gasteiger partial charge on any atom is 0.243 e. The Morgan fingerprint density at radius 1 is 1.09 bits per heavy atom. The number of methoxy groups -OCH3 is 1. The number of nitrogens with zero attached hydrogens (tertiary/aromatic N) is 3. The van der Waals surface area contributed by atoms with E-state index < -0.39 is 5.25 Å². The van der Waals surface area contributed by atoms with Crippen LogP contribution in [0, 0.1) is 0 Å². The summed E-state index contributed by atoms with van der Waals surface area (Å²) in [7, 11) is 1.60.